The standard InChI is InChI=1S/C32H24N6O8S2/c1-19-30(32(40)38(37-19)23-8-3-2-4-9-23)35-33-21-12-14-25(28(17-21)47(41,42)43)26-15-13-22(18-29(26)48(44,45)46)34-36-31-24-10-6-5-7-20(24)11-16-27(31)39/h2-18,37,39H,1H3,(H,41,42,43)(H,44,45,46). The lowest BCUT2D eigenvalue weighted by Gasteiger charge is -2.12. The van der Waals surface area contributed by atoms with E-state index >= 15 is 0 Å². The highest BCUT2D eigenvalue weighted by molar-refractivity contribution is 7.86. The molecule has 0 aliphatic rings. The molecule has 242 valence electrons. The summed E-state index contributed by atoms with van der Waals surface area (Å²) in [5.41, 5.74) is -0.226. The van der Waals surface area contributed by atoms with Gasteiger partial charge in [-0.25, -0.2) is 4.68 Å². The van der Waals surface area contributed by atoms with Gasteiger partial charge in [-0.1, -0.05) is 60.7 Å². The highest BCUT2D eigenvalue weighted by Gasteiger charge is 2.24. The Kier molecular flexibility index (Phi) is 8.32. The first-order chi connectivity index (χ1) is 22.8. The highest BCUT2D eigenvalue weighted by Crippen LogP contribution is 2.39. The van der Waals surface area contributed by atoms with Crippen LogP contribution in [0.2, 0.25) is 0 Å². The molecule has 16 heteroatoms. The summed E-state index contributed by atoms with van der Waals surface area (Å²) in [6, 6.07) is 25.8. The summed E-state index contributed by atoms with van der Waals surface area (Å²) in [6.45, 7) is 1.60. The average molecular weight is 685 g/mol. The van der Waals surface area contributed by atoms with E-state index in [9.17, 15) is 35.8 Å². The van der Waals surface area contributed by atoms with E-state index in [4.69, 9.17) is 0 Å². The number of phenols is 1. The summed E-state index contributed by atoms with van der Waals surface area (Å²) >= 11 is 0. The van der Waals surface area contributed by atoms with Gasteiger partial charge in [0.05, 0.1) is 22.8 Å². The number of benzene rings is 5. The molecule has 1 heterocycles. The molecule has 0 radical (unpaired) electrons. The smallest absolute Gasteiger partial charge is 0.299 e. The lowest BCUT2D eigenvalue weighted by molar-refractivity contribution is 0.477. The van der Waals surface area contributed by atoms with E-state index in [1.165, 1.54) is 35.0 Å². The van der Waals surface area contributed by atoms with Crippen LogP contribution in [-0.2, 0) is 20.2 Å². The molecule has 0 aliphatic carbocycles. The lowest BCUT2D eigenvalue weighted by Crippen LogP contribution is -2.13. The average Bonchev–Trinajstić information content (AvgIpc) is 3.35. The van der Waals surface area contributed by atoms with Gasteiger partial charge >= 0.3 is 0 Å². The van der Waals surface area contributed by atoms with Crippen molar-refractivity contribution in [2.45, 2.75) is 16.7 Å². The fourth-order valence-corrected chi connectivity index (χ4v) is 6.45. The van der Waals surface area contributed by atoms with Crippen LogP contribution in [0, 0.1) is 6.92 Å². The van der Waals surface area contributed by atoms with E-state index in [2.05, 4.69) is 25.6 Å². The molecule has 48 heavy (non-hydrogen) atoms. The maximum absolute atomic E-state index is 13.0. The summed E-state index contributed by atoms with van der Waals surface area (Å²) in [6.07, 6.45) is 0. The molecule has 0 saturated carbocycles. The zero-order valence-corrected chi connectivity index (χ0v) is 26.4. The molecule has 0 atom stereocenters. The monoisotopic (exact) mass is 684 g/mol. The molecule has 4 N–H and O–H groups in total. The van der Waals surface area contributed by atoms with E-state index in [1.54, 1.807) is 61.5 Å². The Hall–Kier alpha value is -5.81. The SMILES string of the molecule is Cc1[nH]n(-c2ccccc2)c(=O)c1N=Nc1ccc(-c2ccc(N=Nc3c(O)ccc4ccccc34)cc2S(=O)(=O)O)c(S(=O)(=O)O)c1. The molecule has 0 spiro atoms. The Morgan fingerprint density at radius 2 is 1.19 bits per heavy atom. The Labute approximate surface area is 272 Å². The largest absolute Gasteiger partial charge is 0.506 e. The van der Waals surface area contributed by atoms with Gasteiger partial charge in [0.25, 0.3) is 25.8 Å². The number of rotatable bonds is 8. The number of aromatic hydroxyl groups is 1. The Balaban J connectivity index is 1.40. The second-order valence-corrected chi connectivity index (χ2v) is 13.2. The third-order valence-electron chi connectivity index (χ3n) is 7.24. The van der Waals surface area contributed by atoms with Crippen molar-refractivity contribution >= 4 is 53.8 Å². The molecule has 0 aliphatic heterocycles. The zero-order chi connectivity index (χ0) is 34.2. The predicted octanol–water partition coefficient (Wildman–Crippen LogP) is 7.32. The van der Waals surface area contributed by atoms with Gasteiger partial charge < -0.3 is 5.11 Å². The number of H-pyrrole nitrogens is 1. The van der Waals surface area contributed by atoms with Crippen molar-refractivity contribution in [1.29, 1.82) is 0 Å². The summed E-state index contributed by atoms with van der Waals surface area (Å²) in [7, 11) is -9.99. The van der Waals surface area contributed by atoms with Crippen molar-refractivity contribution in [2.24, 2.45) is 20.5 Å². The number of nitrogens with zero attached hydrogens (tertiary/aromatic N) is 5. The molecule has 0 bridgehead atoms. The van der Waals surface area contributed by atoms with Crippen molar-refractivity contribution in [3.05, 3.63) is 119 Å². The molecular formula is C32H24N6O8S2. The van der Waals surface area contributed by atoms with Crippen molar-refractivity contribution in [3.8, 4) is 22.6 Å². The summed E-state index contributed by atoms with van der Waals surface area (Å²) in [5, 5.41) is 30.7. The second kappa shape index (κ2) is 12.4. The Morgan fingerprint density at radius 3 is 1.77 bits per heavy atom. The van der Waals surface area contributed by atoms with Crippen LogP contribution in [0.25, 0.3) is 27.6 Å². The fourth-order valence-electron chi connectivity index (χ4n) is 5.00. The number of hydrogen-bond acceptors (Lipinski definition) is 10. The molecule has 0 unspecified atom stereocenters. The quantitative estimate of drug-likeness (QED) is 0.0938. The number of nitrogens with one attached hydrogen (secondary N) is 1. The minimum atomic E-state index is -5.00. The number of aromatic nitrogens is 2. The van der Waals surface area contributed by atoms with Gasteiger partial charge in [0.15, 0.2) is 5.69 Å². The summed E-state index contributed by atoms with van der Waals surface area (Å²) < 4.78 is 71.5. The van der Waals surface area contributed by atoms with E-state index in [0.717, 1.165) is 17.5 Å². The Morgan fingerprint density at radius 1 is 0.646 bits per heavy atom. The van der Waals surface area contributed by atoms with Gasteiger partial charge in [-0.3, -0.25) is 19.0 Å². The van der Waals surface area contributed by atoms with Gasteiger partial charge in [-0.15, -0.1) is 10.2 Å². The van der Waals surface area contributed by atoms with Crippen LogP contribution in [-0.4, -0.2) is 40.8 Å². The van der Waals surface area contributed by atoms with Crippen molar-refractivity contribution in [3.63, 3.8) is 0 Å². The summed E-state index contributed by atoms with van der Waals surface area (Å²) in [5.74, 6) is -0.173. The van der Waals surface area contributed by atoms with Crippen LogP contribution < -0.4 is 5.56 Å². The molecule has 14 nitrogen and oxygen atoms in total. The fraction of sp³-hybridized carbons (Fsp3) is 0.0312. The highest BCUT2D eigenvalue weighted by atomic mass is 32.2. The molecule has 0 amide bonds. The number of para-hydroxylation sites is 1. The van der Waals surface area contributed by atoms with Crippen LogP contribution in [0.5, 0.6) is 5.75 Å². The number of phenolic OH excluding ortho intramolecular Hbond substituents is 1. The first kappa shape index (κ1) is 32.1. The number of azo groups is 2. The van der Waals surface area contributed by atoms with E-state index in [1.807, 2.05) is 6.07 Å². The molecule has 6 rings (SSSR count). The maximum Gasteiger partial charge on any atom is 0.299 e. The predicted molar refractivity (Wildman–Crippen MR) is 177 cm³/mol. The maximum atomic E-state index is 13.0. The minimum Gasteiger partial charge on any atom is -0.506 e. The van der Waals surface area contributed by atoms with Crippen LogP contribution in [0.1, 0.15) is 5.69 Å². The number of hydrogen-bond donors (Lipinski definition) is 4. The van der Waals surface area contributed by atoms with Crippen LogP contribution in [0.4, 0.5) is 22.7 Å². The van der Waals surface area contributed by atoms with Crippen molar-refractivity contribution < 1.29 is 31.0 Å². The van der Waals surface area contributed by atoms with Gasteiger partial charge in [-0.2, -0.15) is 27.1 Å². The third-order valence-corrected chi connectivity index (χ3v) is 9.03. The molecule has 0 saturated heterocycles. The lowest BCUT2D eigenvalue weighted by atomic mass is 10.0. The first-order valence-corrected chi connectivity index (χ1v) is 16.8. The number of fused-ring (bicyclic) bond motifs is 1. The van der Waals surface area contributed by atoms with Crippen molar-refractivity contribution in [2.75, 3.05) is 0 Å². The van der Waals surface area contributed by atoms with Gasteiger partial charge in [-0.05, 0) is 54.8 Å². The molecule has 5 aromatic carbocycles. The minimum absolute atomic E-state index is 0.0495. The van der Waals surface area contributed by atoms with Crippen molar-refractivity contribution in [1.82, 2.24) is 9.78 Å². The van der Waals surface area contributed by atoms with Gasteiger partial charge in [0.1, 0.15) is 21.2 Å². The van der Waals surface area contributed by atoms with Crippen LogP contribution in [0.3, 0.4) is 0 Å². The van der Waals surface area contributed by atoms with Gasteiger partial charge in [0.2, 0.25) is 0 Å². The molecular weight excluding hydrogens is 661 g/mol. The normalized spacial score (nSPS) is 12.4. The molecule has 1 aromatic heterocycles. The Bertz CT molecular complexity index is 2560. The number of aromatic amines is 1. The van der Waals surface area contributed by atoms with Crippen LogP contribution >= 0.6 is 0 Å². The first-order valence-electron chi connectivity index (χ1n) is 14.0. The van der Waals surface area contributed by atoms with E-state index < -0.39 is 35.6 Å². The molecule has 0 fully saturated rings. The third kappa shape index (κ3) is 6.40. The topological polar surface area (TPSA) is 216 Å². The summed E-state index contributed by atoms with van der Waals surface area (Å²) in [4.78, 5) is 11.5. The van der Waals surface area contributed by atoms with E-state index in [0.29, 0.717) is 16.8 Å². The molecule has 6 aromatic rings. The van der Waals surface area contributed by atoms with Crippen LogP contribution in [0.15, 0.2) is 138 Å². The van der Waals surface area contributed by atoms with Gasteiger partial charge in [0, 0.05) is 16.5 Å². The zero-order valence-electron chi connectivity index (χ0n) is 24.8. The number of aryl methyl sites for hydroxylation is 1. The van der Waals surface area contributed by atoms with E-state index in [-0.39, 0.29) is 39.6 Å². The second-order valence-electron chi connectivity index (χ2n) is 10.4.